The van der Waals surface area contributed by atoms with Crippen molar-refractivity contribution >= 4 is 11.7 Å². The predicted molar refractivity (Wildman–Crippen MR) is 114 cm³/mol. The molecule has 2 aromatic carbocycles. The molecule has 2 amide bonds. The van der Waals surface area contributed by atoms with E-state index in [1.165, 1.54) is 12.1 Å². The van der Waals surface area contributed by atoms with Crippen LogP contribution in [0.15, 0.2) is 85.3 Å². The summed E-state index contributed by atoms with van der Waals surface area (Å²) in [4.78, 5) is 16.6. The zero-order valence-electron chi connectivity index (χ0n) is 16.5. The Balaban J connectivity index is 1.27. The van der Waals surface area contributed by atoms with Crippen LogP contribution in [-0.4, -0.2) is 20.8 Å². The van der Waals surface area contributed by atoms with Crippen molar-refractivity contribution < 1.29 is 13.9 Å². The fourth-order valence-electron chi connectivity index (χ4n) is 2.83. The summed E-state index contributed by atoms with van der Waals surface area (Å²) in [5.41, 5.74) is 2.31. The Kier molecular flexibility index (Phi) is 6.18. The Morgan fingerprint density at radius 3 is 2.61 bits per heavy atom. The Hall–Kier alpha value is -4.20. The summed E-state index contributed by atoms with van der Waals surface area (Å²) in [7, 11) is 0. The van der Waals surface area contributed by atoms with Crippen LogP contribution in [0.1, 0.15) is 11.1 Å². The van der Waals surface area contributed by atoms with Crippen molar-refractivity contribution in [2.75, 3.05) is 5.32 Å². The van der Waals surface area contributed by atoms with Crippen LogP contribution < -0.4 is 15.4 Å². The Morgan fingerprint density at radius 1 is 1.03 bits per heavy atom. The lowest BCUT2D eigenvalue weighted by Crippen LogP contribution is -2.28. The summed E-state index contributed by atoms with van der Waals surface area (Å²) < 4.78 is 20.4. The molecule has 31 heavy (non-hydrogen) atoms. The normalized spacial score (nSPS) is 10.5. The molecule has 0 radical (unpaired) electrons. The van der Waals surface area contributed by atoms with Crippen molar-refractivity contribution in [2.24, 2.45) is 0 Å². The maximum atomic E-state index is 13.0. The van der Waals surface area contributed by atoms with Gasteiger partial charge in [-0.1, -0.05) is 24.3 Å². The molecular formula is C23H20FN5O2. The van der Waals surface area contributed by atoms with Gasteiger partial charge in [-0.3, -0.25) is 0 Å². The Bertz CT molecular complexity index is 1130. The highest BCUT2D eigenvalue weighted by Crippen LogP contribution is 2.19. The van der Waals surface area contributed by atoms with Gasteiger partial charge in [0, 0.05) is 36.9 Å². The molecule has 0 saturated heterocycles. The first kappa shape index (κ1) is 20.1. The summed E-state index contributed by atoms with van der Waals surface area (Å²) in [6.45, 7) is 0.635. The van der Waals surface area contributed by atoms with Gasteiger partial charge in [-0.25, -0.2) is 18.9 Å². The number of carbonyl (C=O) groups is 1. The van der Waals surface area contributed by atoms with E-state index in [1.54, 1.807) is 53.5 Å². The largest absolute Gasteiger partial charge is 0.489 e. The molecule has 0 aliphatic carbocycles. The van der Waals surface area contributed by atoms with E-state index < -0.39 is 0 Å². The van der Waals surface area contributed by atoms with Crippen LogP contribution >= 0.6 is 0 Å². The van der Waals surface area contributed by atoms with Gasteiger partial charge in [-0.2, -0.15) is 5.10 Å². The Labute approximate surface area is 178 Å². The second-order valence-corrected chi connectivity index (χ2v) is 6.73. The molecule has 2 aromatic heterocycles. The summed E-state index contributed by atoms with van der Waals surface area (Å²) in [6.07, 6.45) is 5.19. The molecule has 4 aromatic rings. The van der Waals surface area contributed by atoms with Crippen molar-refractivity contribution in [3.8, 4) is 11.6 Å². The maximum Gasteiger partial charge on any atom is 0.319 e. The van der Waals surface area contributed by atoms with Crippen LogP contribution in [0.3, 0.4) is 0 Å². The van der Waals surface area contributed by atoms with E-state index in [9.17, 15) is 9.18 Å². The number of hydrogen-bond acceptors (Lipinski definition) is 4. The number of aromatic nitrogens is 3. The van der Waals surface area contributed by atoms with Crippen molar-refractivity contribution in [3.05, 3.63) is 102 Å². The van der Waals surface area contributed by atoms with Crippen LogP contribution in [0, 0.1) is 5.82 Å². The minimum atomic E-state index is -0.341. The van der Waals surface area contributed by atoms with Crippen molar-refractivity contribution in [1.82, 2.24) is 20.1 Å². The van der Waals surface area contributed by atoms with Crippen molar-refractivity contribution in [2.45, 2.75) is 13.2 Å². The highest BCUT2D eigenvalue weighted by molar-refractivity contribution is 5.89. The third-order valence-electron chi connectivity index (χ3n) is 4.41. The van der Waals surface area contributed by atoms with Gasteiger partial charge in [0.05, 0.1) is 0 Å². The molecule has 7 nitrogen and oxygen atoms in total. The first-order valence-corrected chi connectivity index (χ1v) is 9.63. The van der Waals surface area contributed by atoms with Crippen LogP contribution in [0.4, 0.5) is 14.9 Å². The minimum Gasteiger partial charge on any atom is -0.489 e. The predicted octanol–water partition coefficient (Wildman–Crippen LogP) is 4.31. The highest BCUT2D eigenvalue weighted by Gasteiger charge is 2.05. The molecule has 2 heterocycles. The van der Waals surface area contributed by atoms with Gasteiger partial charge in [0.2, 0.25) is 0 Å². The lowest BCUT2D eigenvalue weighted by Gasteiger charge is -2.10. The van der Waals surface area contributed by atoms with E-state index >= 15 is 0 Å². The van der Waals surface area contributed by atoms with Gasteiger partial charge in [0.1, 0.15) is 18.2 Å². The molecule has 0 aliphatic rings. The molecule has 0 atom stereocenters. The molecule has 0 saturated carbocycles. The second kappa shape index (κ2) is 9.53. The average molecular weight is 417 g/mol. The first-order valence-electron chi connectivity index (χ1n) is 9.63. The van der Waals surface area contributed by atoms with Crippen LogP contribution in [0.25, 0.3) is 5.82 Å². The molecule has 0 fully saturated rings. The number of amides is 2. The van der Waals surface area contributed by atoms with E-state index in [-0.39, 0.29) is 11.8 Å². The summed E-state index contributed by atoms with van der Waals surface area (Å²) >= 11 is 0. The molecule has 0 spiro atoms. The molecule has 4 rings (SSSR count). The van der Waals surface area contributed by atoms with Gasteiger partial charge in [0.15, 0.2) is 5.82 Å². The number of anilines is 1. The fourth-order valence-corrected chi connectivity index (χ4v) is 2.83. The van der Waals surface area contributed by atoms with Crippen LogP contribution in [-0.2, 0) is 13.2 Å². The number of rotatable bonds is 7. The molecule has 8 heteroatoms. The minimum absolute atomic E-state index is 0.286. The standard InChI is InChI=1S/C23H20FN5O2/c24-19-8-5-17(6-9-19)16-31-21-4-1-3-20(13-21)28-23(30)26-15-18-7-10-22(25-14-18)29-12-2-11-27-29/h1-14H,15-16H2,(H2,26,28,30). The lowest BCUT2D eigenvalue weighted by atomic mass is 10.2. The second-order valence-electron chi connectivity index (χ2n) is 6.73. The molecule has 156 valence electrons. The SMILES string of the molecule is O=C(NCc1ccc(-n2cccn2)nc1)Nc1cccc(OCc2ccc(F)cc2)c1. The van der Waals surface area contributed by atoms with Crippen molar-refractivity contribution in [3.63, 3.8) is 0 Å². The van der Waals surface area contributed by atoms with E-state index in [0.717, 1.165) is 11.1 Å². The third-order valence-corrected chi connectivity index (χ3v) is 4.41. The van der Waals surface area contributed by atoms with E-state index in [2.05, 4.69) is 20.7 Å². The van der Waals surface area contributed by atoms with Gasteiger partial charge in [-0.15, -0.1) is 0 Å². The topological polar surface area (TPSA) is 81.1 Å². The smallest absolute Gasteiger partial charge is 0.319 e. The number of benzene rings is 2. The number of carbonyl (C=O) groups excluding carboxylic acids is 1. The number of pyridine rings is 1. The number of nitrogens with one attached hydrogen (secondary N) is 2. The highest BCUT2D eigenvalue weighted by atomic mass is 19.1. The average Bonchev–Trinajstić information content (AvgIpc) is 3.33. The van der Waals surface area contributed by atoms with E-state index in [1.807, 2.05) is 24.4 Å². The third kappa shape index (κ3) is 5.66. The zero-order chi connectivity index (χ0) is 21.5. The number of hydrogen-bond donors (Lipinski definition) is 2. The molecular weight excluding hydrogens is 397 g/mol. The monoisotopic (exact) mass is 417 g/mol. The molecule has 0 bridgehead atoms. The summed E-state index contributed by atoms with van der Waals surface area (Å²) in [6, 6.07) is 18.4. The summed E-state index contributed by atoms with van der Waals surface area (Å²) in [5, 5.41) is 9.70. The van der Waals surface area contributed by atoms with Gasteiger partial charge in [0.25, 0.3) is 0 Å². The van der Waals surface area contributed by atoms with Gasteiger partial charge in [-0.05, 0) is 47.5 Å². The molecule has 0 aliphatic heterocycles. The van der Waals surface area contributed by atoms with Crippen molar-refractivity contribution in [1.29, 1.82) is 0 Å². The van der Waals surface area contributed by atoms with Crippen LogP contribution in [0.5, 0.6) is 5.75 Å². The Morgan fingerprint density at radius 2 is 1.87 bits per heavy atom. The summed E-state index contributed by atoms with van der Waals surface area (Å²) in [5.74, 6) is 1.02. The zero-order valence-corrected chi connectivity index (χ0v) is 16.5. The number of ether oxygens (including phenoxy) is 1. The quantitative estimate of drug-likeness (QED) is 0.470. The lowest BCUT2D eigenvalue weighted by molar-refractivity contribution is 0.251. The van der Waals surface area contributed by atoms with Crippen LogP contribution in [0.2, 0.25) is 0 Å². The number of urea groups is 1. The first-order chi connectivity index (χ1) is 15.2. The van der Waals surface area contributed by atoms with E-state index in [0.29, 0.717) is 30.4 Å². The molecule has 2 N–H and O–H groups in total. The van der Waals surface area contributed by atoms with Gasteiger partial charge >= 0.3 is 6.03 Å². The fraction of sp³-hybridized carbons (Fsp3) is 0.0870. The molecule has 0 unspecified atom stereocenters. The number of halogens is 1. The van der Waals surface area contributed by atoms with E-state index in [4.69, 9.17) is 4.74 Å². The van der Waals surface area contributed by atoms with Gasteiger partial charge < -0.3 is 15.4 Å². The maximum absolute atomic E-state index is 13.0. The number of nitrogens with zero attached hydrogens (tertiary/aromatic N) is 3.